The van der Waals surface area contributed by atoms with Crippen molar-refractivity contribution in [3.05, 3.63) is 65.6 Å². The van der Waals surface area contributed by atoms with E-state index in [-0.39, 0.29) is 12.3 Å². The van der Waals surface area contributed by atoms with Crippen LogP contribution in [0, 0.1) is 6.92 Å². The Morgan fingerprint density at radius 1 is 1.19 bits per heavy atom. The molecule has 0 atom stereocenters. The minimum Gasteiger partial charge on any atom is -0.481 e. The van der Waals surface area contributed by atoms with E-state index in [4.69, 9.17) is 5.11 Å². The fraction of sp³-hybridized carbons (Fsp3) is 0.263. The number of fused-ring (bicyclic) bond motifs is 1. The maximum atomic E-state index is 13.1. The van der Waals surface area contributed by atoms with Crippen molar-refractivity contribution in [2.24, 2.45) is 0 Å². The lowest BCUT2D eigenvalue weighted by molar-refractivity contribution is -0.137. The molecule has 2 heterocycles. The van der Waals surface area contributed by atoms with Crippen LogP contribution in [0.4, 0.5) is 0 Å². The molecule has 7 heteroatoms. The Bertz CT molecular complexity index is 921. The number of carboxylic acids is 1. The molecule has 2 aromatic heterocycles. The van der Waals surface area contributed by atoms with Gasteiger partial charge in [0.2, 0.25) is 0 Å². The van der Waals surface area contributed by atoms with Crippen LogP contribution in [0.15, 0.2) is 48.8 Å². The van der Waals surface area contributed by atoms with Crippen molar-refractivity contribution in [1.82, 2.24) is 19.5 Å². The standard InChI is InChI=1S/C19H20N4O3/c1-14-9-11-23-18(21-14)16(12-20-23)19(26)22(10-5-8-17(24)25)13-15-6-3-2-4-7-15/h2-4,6-7,9,11-12H,5,8,10,13H2,1H3,(H,24,25). The molecule has 26 heavy (non-hydrogen) atoms. The van der Waals surface area contributed by atoms with E-state index < -0.39 is 5.97 Å². The van der Waals surface area contributed by atoms with Gasteiger partial charge in [-0.25, -0.2) is 9.50 Å². The number of carbonyl (C=O) groups excluding carboxylic acids is 1. The molecular formula is C19H20N4O3. The van der Waals surface area contributed by atoms with Gasteiger partial charge in [-0.2, -0.15) is 5.10 Å². The molecule has 1 N–H and O–H groups in total. The van der Waals surface area contributed by atoms with Crippen LogP contribution >= 0.6 is 0 Å². The first-order valence-corrected chi connectivity index (χ1v) is 8.40. The van der Waals surface area contributed by atoms with Crippen molar-refractivity contribution in [2.75, 3.05) is 6.54 Å². The summed E-state index contributed by atoms with van der Waals surface area (Å²) in [7, 11) is 0. The Labute approximate surface area is 150 Å². The maximum absolute atomic E-state index is 13.1. The van der Waals surface area contributed by atoms with Crippen LogP contribution in [0.2, 0.25) is 0 Å². The van der Waals surface area contributed by atoms with Crippen LogP contribution in [0.5, 0.6) is 0 Å². The first-order valence-electron chi connectivity index (χ1n) is 8.40. The topological polar surface area (TPSA) is 87.8 Å². The third kappa shape index (κ3) is 4.05. The van der Waals surface area contributed by atoms with Crippen molar-refractivity contribution in [2.45, 2.75) is 26.3 Å². The summed E-state index contributed by atoms with van der Waals surface area (Å²) in [4.78, 5) is 30.0. The maximum Gasteiger partial charge on any atom is 0.303 e. The quantitative estimate of drug-likeness (QED) is 0.706. The Kier molecular flexibility index (Phi) is 5.26. The second-order valence-corrected chi connectivity index (χ2v) is 6.10. The molecule has 1 amide bonds. The second-order valence-electron chi connectivity index (χ2n) is 6.10. The molecule has 0 fully saturated rings. The molecule has 0 aliphatic rings. The number of aromatic nitrogens is 3. The van der Waals surface area contributed by atoms with E-state index in [1.165, 1.54) is 6.20 Å². The molecular weight excluding hydrogens is 332 g/mol. The lowest BCUT2D eigenvalue weighted by Crippen LogP contribution is -2.32. The van der Waals surface area contributed by atoms with Gasteiger partial charge < -0.3 is 10.0 Å². The number of aryl methyl sites for hydroxylation is 1. The van der Waals surface area contributed by atoms with E-state index in [9.17, 15) is 9.59 Å². The zero-order valence-electron chi connectivity index (χ0n) is 14.5. The molecule has 1 aromatic carbocycles. The van der Waals surface area contributed by atoms with Crippen molar-refractivity contribution < 1.29 is 14.7 Å². The number of benzene rings is 1. The zero-order chi connectivity index (χ0) is 18.5. The molecule has 7 nitrogen and oxygen atoms in total. The molecule has 3 aromatic rings. The number of carbonyl (C=O) groups is 2. The number of carboxylic acid groups (broad SMARTS) is 1. The number of amides is 1. The summed E-state index contributed by atoms with van der Waals surface area (Å²) in [5.41, 5.74) is 2.70. The number of nitrogens with zero attached hydrogens (tertiary/aromatic N) is 4. The Hall–Kier alpha value is -3.22. The molecule has 3 rings (SSSR count). The Morgan fingerprint density at radius 3 is 2.69 bits per heavy atom. The number of hydrogen-bond donors (Lipinski definition) is 1. The summed E-state index contributed by atoms with van der Waals surface area (Å²) in [6, 6.07) is 11.4. The first kappa shape index (κ1) is 17.6. The molecule has 0 saturated heterocycles. The van der Waals surface area contributed by atoms with Crippen LogP contribution in [0.3, 0.4) is 0 Å². The van der Waals surface area contributed by atoms with E-state index in [1.54, 1.807) is 15.6 Å². The van der Waals surface area contributed by atoms with Gasteiger partial charge in [0, 0.05) is 31.4 Å². The van der Waals surface area contributed by atoms with Gasteiger partial charge >= 0.3 is 5.97 Å². The normalized spacial score (nSPS) is 10.8. The molecule has 134 valence electrons. The molecule has 0 spiro atoms. The second kappa shape index (κ2) is 7.77. The summed E-state index contributed by atoms with van der Waals surface area (Å²) in [5, 5.41) is 13.1. The first-order chi connectivity index (χ1) is 12.5. The van der Waals surface area contributed by atoms with E-state index >= 15 is 0 Å². The lowest BCUT2D eigenvalue weighted by atomic mass is 10.1. The van der Waals surface area contributed by atoms with Gasteiger partial charge in [-0.3, -0.25) is 9.59 Å². The van der Waals surface area contributed by atoms with E-state index in [2.05, 4.69) is 10.1 Å². The molecule has 0 aliphatic carbocycles. The van der Waals surface area contributed by atoms with Gasteiger partial charge in [0.15, 0.2) is 5.65 Å². The predicted octanol–water partition coefficient (Wildman–Crippen LogP) is 2.54. The third-order valence-electron chi connectivity index (χ3n) is 4.06. The predicted molar refractivity (Wildman–Crippen MR) is 95.8 cm³/mol. The number of rotatable bonds is 7. The molecule has 0 bridgehead atoms. The van der Waals surface area contributed by atoms with Crippen LogP contribution < -0.4 is 0 Å². The third-order valence-corrected chi connectivity index (χ3v) is 4.06. The average Bonchev–Trinajstić information content (AvgIpc) is 3.04. The smallest absolute Gasteiger partial charge is 0.303 e. The summed E-state index contributed by atoms with van der Waals surface area (Å²) in [5.74, 6) is -1.07. The summed E-state index contributed by atoms with van der Waals surface area (Å²) >= 11 is 0. The number of aliphatic carboxylic acids is 1. The largest absolute Gasteiger partial charge is 0.481 e. The Morgan fingerprint density at radius 2 is 1.96 bits per heavy atom. The van der Waals surface area contributed by atoms with Gasteiger partial charge in [0.05, 0.1) is 6.20 Å². The molecule has 0 aliphatic heterocycles. The highest BCUT2D eigenvalue weighted by Gasteiger charge is 2.21. The van der Waals surface area contributed by atoms with E-state index in [0.29, 0.717) is 30.7 Å². The van der Waals surface area contributed by atoms with Crippen molar-refractivity contribution in [3.63, 3.8) is 0 Å². The van der Waals surface area contributed by atoms with Crippen LogP contribution in [0.1, 0.15) is 34.5 Å². The summed E-state index contributed by atoms with van der Waals surface area (Å²) < 4.78 is 1.57. The monoisotopic (exact) mass is 352 g/mol. The number of hydrogen-bond acceptors (Lipinski definition) is 4. The molecule has 0 radical (unpaired) electrons. The fourth-order valence-electron chi connectivity index (χ4n) is 2.76. The highest BCUT2D eigenvalue weighted by Crippen LogP contribution is 2.15. The highest BCUT2D eigenvalue weighted by molar-refractivity contribution is 5.99. The van der Waals surface area contributed by atoms with E-state index in [1.807, 2.05) is 43.3 Å². The van der Waals surface area contributed by atoms with Gasteiger partial charge in [-0.15, -0.1) is 0 Å². The minimum atomic E-state index is -0.870. The zero-order valence-corrected chi connectivity index (χ0v) is 14.5. The summed E-state index contributed by atoms with van der Waals surface area (Å²) in [6.07, 6.45) is 3.68. The fourth-order valence-corrected chi connectivity index (χ4v) is 2.76. The van der Waals surface area contributed by atoms with Gasteiger partial charge in [-0.05, 0) is 25.0 Å². The SMILES string of the molecule is Cc1ccn2ncc(C(=O)N(CCCC(=O)O)Cc3ccccc3)c2n1. The molecule has 0 unspecified atom stereocenters. The summed E-state index contributed by atoms with van der Waals surface area (Å²) in [6.45, 7) is 2.61. The van der Waals surface area contributed by atoms with Crippen LogP contribution in [-0.2, 0) is 11.3 Å². The minimum absolute atomic E-state index is 0.0185. The van der Waals surface area contributed by atoms with Crippen molar-refractivity contribution >= 4 is 17.5 Å². The Balaban J connectivity index is 1.87. The van der Waals surface area contributed by atoms with Gasteiger partial charge in [0.1, 0.15) is 5.56 Å². The van der Waals surface area contributed by atoms with Gasteiger partial charge in [-0.1, -0.05) is 30.3 Å². The highest BCUT2D eigenvalue weighted by atomic mass is 16.4. The van der Waals surface area contributed by atoms with E-state index in [0.717, 1.165) is 11.3 Å². The van der Waals surface area contributed by atoms with Gasteiger partial charge in [0.25, 0.3) is 5.91 Å². The van der Waals surface area contributed by atoms with Crippen LogP contribution in [0.25, 0.3) is 5.65 Å². The lowest BCUT2D eigenvalue weighted by Gasteiger charge is -2.22. The average molecular weight is 352 g/mol. The van der Waals surface area contributed by atoms with Crippen LogP contribution in [-0.4, -0.2) is 43.0 Å². The van der Waals surface area contributed by atoms with Crippen molar-refractivity contribution in [1.29, 1.82) is 0 Å². The molecule has 0 saturated carbocycles. The van der Waals surface area contributed by atoms with Crippen molar-refractivity contribution in [3.8, 4) is 0 Å².